The van der Waals surface area contributed by atoms with Crippen molar-refractivity contribution in [3.05, 3.63) is 51.1 Å². The molecule has 1 aromatic heterocycles. The highest BCUT2D eigenvalue weighted by Gasteiger charge is 2.20. The summed E-state index contributed by atoms with van der Waals surface area (Å²) in [5.74, 6) is 1.19. The topological polar surface area (TPSA) is 34.1 Å². The number of aryl methyl sites for hydroxylation is 1. The van der Waals surface area contributed by atoms with Crippen LogP contribution in [-0.2, 0) is 6.54 Å². The van der Waals surface area contributed by atoms with Gasteiger partial charge in [0.15, 0.2) is 0 Å². The van der Waals surface area contributed by atoms with E-state index < -0.39 is 0 Å². The summed E-state index contributed by atoms with van der Waals surface area (Å²) in [4.78, 5) is 4.33. The van der Waals surface area contributed by atoms with Gasteiger partial charge in [0.05, 0.1) is 0 Å². The van der Waals surface area contributed by atoms with Crippen LogP contribution >= 0.6 is 27.5 Å². The van der Waals surface area contributed by atoms with Gasteiger partial charge in [-0.2, -0.15) is 0 Å². The van der Waals surface area contributed by atoms with E-state index >= 15 is 0 Å². The lowest BCUT2D eigenvalue weighted by molar-refractivity contribution is 0.459. The maximum Gasteiger partial charge on any atom is 0.238 e. The Morgan fingerprint density at radius 1 is 1.38 bits per heavy atom. The van der Waals surface area contributed by atoms with Crippen LogP contribution in [0, 0.1) is 6.92 Å². The fraction of sp³-hybridized carbons (Fsp3) is 0.312. The fourth-order valence-electron chi connectivity index (χ4n) is 1.97. The first-order chi connectivity index (χ1) is 10.1. The van der Waals surface area contributed by atoms with E-state index in [1.54, 1.807) is 0 Å². The summed E-state index contributed by atoms with van der Waals surface area (Å²) in [5.41, 5.74) is 2.11. The van der Waals surface area contributed by atoms with E-state index in [1.165, 1.54) is 12.8 Å². The summed E-state index contributed by atoms with van der Waals surface area (Å²) in [6.07, 6.45) is 4.35. The first-order valence-electron chi connectivity index (χ1n) is 6.93. The van der Waals surface area contributed by atoms with Crippen molar-refractivity contribution >= 4 is 27.5 Å². The molecule has 0 aliphatic heterocycles. The maximum atomic E-state index is 6.28. The summed E-state index contributed by atoms with van der Waals surface area (Å²) in [7, 11) is 0. The van der Waals surface area contributed by atoms with Crippen molar-refractivity contribution in [2.24, 2.45) is 0 Å². The van der Waals surface area contributed by atoms with Crippen molar-refractivity contribution in [3.8, 4) is 11.6 Å². The molecule has 0 atom stereocenters. The highest BCUT2D eigenvalue weighted by molar-refractivity contribution is 9.10. The normalized spacial score (nSPS) is 14.2. The van der Waals surface area contributed by atoms with Crippen molar-refractivity contribution in [2.45, 2.75) is 32.4 Å². The van der Waals surface area contributed by atoms with Crippen LogP contribution in [0.4, 0.5) is 0 Å². The van der Waals surface area contributed by atoms with Gasteiger partial charge in [-0.15, -0.1) is 0 Å². The predicted octanol–water partition coefficient (Wildman–Crippen LogP) is 4.85. The Morgan fingerprint density at radius 2 is 2.19 bits per heavy atom. The predicted molar refractivity (Wildman–Crippen MR) is 88.1 cm³/mol. The number of halogens is 2. The van der Waals surface area contributed by atoms with Crippen molar-refractivity contribution in [3.63, 3.8) is 0 Å². The number of nitrogens with one attached hydrogen (secondary N) is 1. The van der Waals surface area contributed by atoms with Crippen LogP contribution in [0.25, 0.3) is 0 Å². The van der Waals surface area contributed by atoms with E-state index in [2.05, 4.69) is 26.2 Å². The fourth-order valence-corrected chi connectivity index (χ4v) is 2.54. The van der Waals surface area contributed by atoms with E-state index in [4.69, 9.17) is 16.3 Å². The summed E-state index contributed by atoms with van der Waals surface area (Å²) >= 11 is 9.71. The van der Waals surface area contributed by atoms with Gasteiger partial charge in [0.1, 0.15) is 10.8 Å². The quantitative estimate of drug-likeness (QED) is 0.820. The highest BCUT2D eigenvalue weighted by atomic mass is 79.9. The zero-order valence-electron chi connectivity index (χ0n) is 11.7. The number of aromatic nitrogens is 1. The minimum atomic E-state index is 0.438. The van der Waals surface area contributed by atoms with Crippen LogP contribution in [0.5, 0.6) is 11.6 Å². The number of ether oxygens (including phenoxy) is 1. The molecule has 0 bridgehead atoms. The first kappa shape index (κ1) is 14.8. The Labute approximate surface area is 137 Å². The number of nitrogens with zero attached hydrogens (tertiary/aromatic N) is 1. The van der Waals surface area contributed by atoms with Gasteiger partial charge in [0.25, 0.3) is 0 Å². The first-order valence-corrected chi connectivity index (χ1v) is 8.11. The third-order valence-electron chi connectivity index (χ3n) is 3.39. The van der Waals surface area contributed by atoms with E-state index in [1.807, 2.05) is 37.4 Å². The van der Waals surface area contributed by atoms with Crippen LogP contribution in [0.1, 0.15) is 24.0 Å². The second kappa shape index (κ2) is 6.34. The molecule has 1 saturated carbocycles. The molecular formula is C16H16BrClN2O. The smallest absolute Gasteiger partial charge is 0.238 e. The molecule has 0 spiro atoms. The molecule has 3 nitrogen and oxygen atoms in total. The van der Waals surface area contributed by atoms with E-state index in [0.29, 0.717) is 16.9 Å². The SMILES string of the molecule is Cc1ccc(Br)cc1Oc1ncc(CNC2CC2)cc1Cl. The summed E-state index contributed by atoms with van der Waals surface area (Å²) in [6.45, 7) is 2.79. The van der Waals surface area contributed by atoms with Gasteiger partial charge in [-0.25, -0.2) is 4.98 Å². The molecule has 1 aliphatic rings. The van der Waals surface area contributed by atoms with Crippen LogP contribution in [0.15, 0.2) is 34.9 Å². The molecule has 1 N–H and O–H groups in total. The zero-order valence-corrected chi connectivity index (χ0v) is 14.0. The molecular weight excluding hydrogens is 352 g/mol. The molecule has 1 heterocycles. The summed E-state index contributed by atoms with van der Waals surface area (Å²) < 4.78 is 6.78. The molecule has 0 saturated heterocycles. The highest BCUT2D eigenvalue weighted by Crippen LogP contribution is 2.31. The Kier molecular flexibility index (Phi) is 4.48. The monoisotopic (exact) mass is 366 g/mol. The average Bonchev–Trinajstić information content (AvgIpc) is 3.27. The largest absolute Gasteiger partial charge is 0.437 e. The molecule has 0 unspecified atom stereocenters. The molecule has 21 heavy (non-hydrogen) atoms. The second-order valence-electron chi connectivity index (χ2n) is 5.30. The summed E-state index contributed by atoms with van der Waals surface area (Å²) in [6, 6.07) is 8.46. The van der Waals surface area contributed by atoms with E-state index in [9.17, 15) is 0 Å². The number of rotatable bonds is 5. The average molecular weight is 368 g/mol. The third-order valence-corrected chi connectivity index (χ3v) is 4.16. The lowest BCUT2D eigenvalue weighted by atomic mass is 10.2. The van der Waals surface area contributed by atoms with Gasteiger partial charge in [-0.05, 0) is 49.1 Å². The molecule has 1 fully saturated rings. The molecule has 2 aromatic rings. The van der Waals surface area contributed by atoms with Crippen LogP contribution in [0.3, 0.4) is 0 Å². The van der Waals surface area contributed by atoms with Crippen LogP contribution in [0.2, 0.25) is 5.02 Å². The molecule has 0 radical (unpaired) electrons. The second-order valence-corrected chi connectivity index (χ2v) is 6.62. The Hall–Kier alpha value is -1.10. The van der Waals surface area contributed by atoms with Gasteiger partial charge in [0, 0.05) is 23.3 Å². The van der Waals surface area contributed by atoms with E-state index in [0.717, 1.165) is 27.9 Å². The minimum Gasteiger partial charge on any atom is -0.437 e. The van der Waals surface area contributed by atoms with Crippen molar-refractivity contribution in [1.82, 2.24) is 10.3 Å². The number of hydrogen-bond acceptors (Lipinski definition) is 3. The zero-order chi connectivity index (χ0) is 14.8. The molecule has 0 amide bonds. The van der Waals surface area contributed by atoms with Crippen molar-refractivity contribution in [1.29, 1.82) is 0 Å². The number of pyridine rings is 1. The van der Waals surface area contributed by atoms with Gasteiger partial charge < -0.3 is 10.1 Å². The van der Waals surface area contributed by atoms with Crippen molar-refractivity contribution in [2.75, 3.05) is 0 Å². The Balaban J connectivity index is 1.74. The Morgan fingerprint density at radius 3 is 2.90 bits per heavy atom. The summed E-state index contributed by atoms with van der Waals surface area (Å²) in [5, 5.41) is 3.97. The maximum absolute atomic E-state index is 6.28. The number of benzene rings is 1. The lowest BCUT2D eigenvalue weighted by Gasteiger charge is -2.11. The lowest BCUT2D eigenvalue weighted by Crippen LogP contribution is -2.15. The van der Waals surface area contributed by atoms with Crippen LogP contribution < -0.4 is 10.1 Å². The Bertz CT molecular complexity index is 659. The standard InChI is InChI=1S/C16H16BrClN2O/c1-10-2-3-12(17)7-15(10)21-16-14(18)6-11(9-20-16)8-19-13-4-5-13/h2-3,6-7,9,13,19H,4-5,8H2,1H3. The molecule has 3 rings (SSSR count). The molecule has 5 heteroatoms. The van der Waals surface area contributed by atoms with Gasteiger partial charge in [-0.3, -0.25) is 0 Å². The van der Waals surface area contributed by atoms with Gasteiger partial charge in [-0.1, -0.05) is 33.6 Å². The van der Waals surface area contributed by atoms with Gasteiger partial charge in [0.2, 0.25) is 5.88 Å². The van der Waals surface area contributed by atoms with Crippen molar-refractivity contribution < 1.29 is 4.74 Å². The van der Waals surface area contributed by atoms with Gasteiger partial charge >= 0.3 is 0 Å². The molecule has 1 aliphatic carbocycles. The molecule has 1 aromatic carbocycles. The third kappa shape index (κ3) is 3.96. The number of hydrogen-bond donors (Lipinski definition) is 1. The van der Waals surface area contributed by atoms with E-state index in [-0.39, 0.29) is 0 Å². The molecule has 110 valence electrons. The minimum absolute atomic E-state index is 0.438. The van der Waals surface area contributed by atoms with Crippen LogP contribution in [-0.4, -0.2) is 11.0 Å².